The summed E-state index contributed by atoms with van der Waals surface area (Å²) in [7, 11) is 0. The first kappa shape index (κ1) is 15.1. The van der Waals surface area contributed by atoms with E-state index in [1.165, 1.54) is 0 Å². The number of nitrogens with two attached hydrogens (primary N) is 1. The quantitative estimate of drug-likeness (QED) is 0.750. The number of aromatic nitrogens is 3. The predicted molar refractivity (Wildman–Crippen MR) is 93.2 cm³/mol. The Labute approximate surface area is 143 Å². The molecule has 0 saturated heterocycles. The maximum Gasteiger partial charge on any atom is 0.260 e. The first-order valence-electron chi connectivity index (χ1n) is 7.78. The van der Waals surface area contributed by atoms with Crippen molar-refractivity contribution in [3.63, 3.8) is 0 Å². The van der Waals surface area contributed by atoms with Gasteiger partial charge < -0.3 is 11.1 Å². The maximum atomic E-state index is 12.6. The number of benzene rings is 1. The molecule has 122 valence electrons. The number of carbonyl (C=O) groups excluding carboxylic acids is 1. The van der Waals surface area contributed by atoms with E-state index in [-0.39, 0.29) is 11.9 Å². The molecule has 4 rings (SSSR count). The SMILES string of the molecule is NC1CCn2ncc(C(=O)Nc3ccc4ccc(Cl)cc4n3)c2C1. The molecule has 0 saturated carbocycles. The van der Waals surface area contributed by atoms with Crippen LogP contribution in [0.5, 0.6) is 0 Å². The van der Waals surface area contributed by atoms with Crippen molar-refractivity contribution in [1.29, 1.82) is 0 Å². The number of halogens is 1. The van der Waals surface area contributed by atoms with Gasteiger partial charge in [0.05, 0.1) is 23.0 Å². The second kappa shape index (κ2) is 5.89. The van der Waals surface area contributed by atoms with Gasteiger partial charge >= 0.3 is 0 Å². The summed E-state index contributed by atoms with van der Waals surface area (Å²) in [6.07, 6.45) is 3.13. The highest BCUT2D eigenvalue weighted by Gasteiger charge is 2.23. The monoisotopic (exact) mass is 341 g/mol. The third-order valence-corrected chi connectivity index (χ3v) is 4.49. The molecule has 1 unspecified atom stereocenters. The van der Waals surface area contributed by atoms with Gasteiger partial charge in [-0.25, -0.2) is 4.98 Å². The molecule has 3 N–H and O–H groups in total. The second-order valence-corrected chi connectivity index (χ2v) is 6.41. The molecule has 7 heteroatoms. The van der Waals surface area contributed by atoms with Crippen LogP contribution in [0.1, 0.15) is 22.5 Å². The summed E-state index contributed by atoms with van der Waals surface area (Å²) in [6, 6.07) is 9.22. The minimum atomic E-state index is -0.223. The largest absolute Gasteiger partial charge is 0.327 e. The van der Waals surface area contributed by atoms with Crippen LogP contribution < -0.4 is 11.1 Å². The zero-order valence-corrected chi connectivity index (χ0v) is 13.6. The normalized spacial score (nSPS) is 16.8. The number of rotatable bonds is 2. The number of anilines is 1. The Morgan fingerprint density at radius 2 is 2.17 bits per heavy atom. The van der Waals surface area contributed by atoms with Crippen LogP contribution in [0.25, 0.3) is 10.9 Å². The minimum Gasteiger partial charge on any atom is -0.327 e. The van der Waals surface area contributed by atoms with Crippen molar-refractivity contribution < 1.29 is 4.79 Å². The molecule has 0 aliphatic carbocycles. The molecule has 0 bridgehead atoms. The number of fused-ring (bicyclic) bond motifs is 2. The third kappa shape index (κ3) is 2.74. The van der Waals surface area contributed by atoms with Gasteiger partial charge in [0.1, 0.15) is 5.82 Å². The molecule has 6 nitrogen and oxygen atoms in total. The van der Waals surface area contributed by atoms with Gasteiger partial charge in [-0.15, -0.1) is 0 Å². The molecule has 0 fully saturated rings. The molecule has 1 amide bonds. The van der Waals surface area contributed by atoms with E-state index in [0.29, 0.717) is 22.8 Å². The van der Waals surface area contributed by atoms with Gasteiger partial charge in [0, 0.05) is 29.4 Å². The maximum absolute atomic E-state index is 12.6. The van der Waals surface area contributed by atoms with Gasteiger partial charge in [-0.2, -0.15) is 5.10 Å². The molecule has 1 aliphatic heterocycles. The number of nitrogens with zero attached hydrogens (tertiary/aromatic N) is 3. The summed E-state index contributed by atoms with van der Waals surface area (Å²) < 4.78 is 1.85. The fourth-order valence-corrected chi connectivity index (χ4v) is 3.16. The number of nitrogens with one attached hydrogen (secondary N) is 1. The Morgan fingerprint density at radius 1 is 1.33 bits per heavy atom. The highest BCUT2D eigenvalue weighted by molar-refractivity contribution is 6.31. The predicted octanol–water partition coefficient (Wildman–Crippen LogP) is 2.61. The van der Waals surface area contributed by atoms with Crippen LogP contribution in [0, 0.1) is 0 Å². The van der Waals surface area contributed by atoms with Gasteiger partial charge in [0.15, 0.2) is 0 Å². The smallest absolute Gasteiger partial charge is 0.260 e. The van der Waals surface area contributed by atoms with E-state index in [9.17, 15) is 4.79 Å². The lowest BCUT2D eigenvalue weighted by atomic mass is 10.0. The topological polar surface area (TPSA) is 85.8 Å². The van der Waals surface area contributed by atoms with Crippen molar-refractivity contribution >= 4 is 34.2 Å². The lowest BCUT2D eigenvalue weighted by molar-refractivity contribution is 0.102. The van der Waals surface area contributed by atoms with Crippen molar-refractivity contribution in [2.24, 2.45) is 5.73 Å². The van der Waals surface area contributed by atoms with Crippen molar-refractivity contribution in [3.8, 4) is 0 Å². The summed E-state index contributed by atoms with van der Waals surface area (Å²) in [5, 5.41) is 8.68. The summed E-state index contributed by atoms with van der Waals surface area (Å²) in [5.41, 5.74) is 8.18. The lowest BCUT2D eigenvalue weighted by Gasteiger charge is -2.20. The van der Waals surface area contributed by atoms with Gasteiger partial charge in [-0.3, -0.25) is 9.48 Å². The molecule has 0 spiro atoms. The Balaban J connectivity index is 1.61. The van der Waals surface area contributed by atoms with Crippen LogP contribution in [0.15, 0.2) is 36.5 Å². The Hall–Kier alpha value is -2.44. The van der Waals surface area contributed by atoms with Gasteiger partial charge in [-0.1, -0.05) is 17.7 Å². The van der Waals surface area contributed by atoms with Crippen molar-refractivity contribution in [1.82, 2.24) is 14.8 Å². The van der Waals surface area contributed by atoms with Crippen LogP contribution in [0.2, 0.25) is 5.02 Å². The Bertz CT molecular complexity index is 936. The van der Waals surface area contributed by atoms with E-state index in [1.807, 2.05) is 22.9 Å². The second-order valence-electron chi connectivity index (χ2n) is 5.97. The van der Waals surface area contributed by atoms with E-state index >= 15 is 0 Å². The van der Waals surface area contributed by atoms with E-state index in [2.05, 4.69) is 15.4 Å². The molecule has 1 aliphatic rings. The van der Waals surface area contributed by atoms with E-state index in [1.54, 1.807) is 18.3 Å². The first-order chi connectivity index (χ1) is 11.6. The fraction of sp³-hybridized carbons (Fsp3) is 0.235. The van der Waals surface area contributed by atoms with E-state index < -0.39 is 0 Å². The van der Waals surface area contributed by atoms with E-state index in [0.717, 1.165) is 29.6 Å². The first-order valence-corrected chi connectivity index (χ1v) is 8.16. The third-order valence-electron chi connectivity index (χ3n) is 4.26. The Kier molecular flexibility index (Phi) is 3.70. The van der Waals surface area contributed by atoms with Crippen molar-refractivity contribution in [2.75, 3.05) is 5.32 Å². The summed E-state index contributed by atoms with van der Waals surface area (Å²) in [4.78, 5) is 17.0. The van der Waals surface area contributed by atoms with Crippen molar-refractivity contribution in [2.45, 2.75) is 25.4 Å². The van der Waals surface area contributed by atoms with Crippen LogP contribution in [-0.2, 0) is 13.0 Å². The number of hydrogen-bond acceptors (Lipinski definition) is 4. The standard InChI is InChI=1S/C17H16ClN5O/c18-11-3-1-10-2-4-16(21-14(10)7-11)22-17(24)13-9-20-23-6-5-12(19)8-15(13)23/h1-4,7,9,12H,5-6,8,19H2,(H,21,22,24). The molecule has 24 heavy (non-hydrogen) atoms. The van der Waals surface area contributed by atoms with E-state index in [4.69, 9.17) is 17.3 Å². The van der Waals surface area contributed by atoms with Crippen LogP contribution >= 0.6 is 11.6 Å². The zero-order valence-electron chi connectivity index (χ0n) is 12.9. The summed E-state index contributed by atoms with van der Waals surface area (Å²) >= 11 is 6.00. The lowest BCUT2D eigenvalue weighted by Crippen LogP contribution is -2.32. The van der Waals surface area contributed by atoms with Crippen LogP contribution in [-0.4, -0.2) is 26.7 Å². The molecule has 3 heterocycles. The molecule has 3 aromatic rings. The molecular weight excluding hydrogens is 326 g/mol. The Morgan fingerprint density at radius 3 is 3.04 bits per heavy atom. The number of carbonyl (C=O) groups is 1. The number of aryl methyl sites for hydroxylation is 1. The van der Waals surface area contributed by atoms with Gasteiger partial charge in [-0.05, 0) is 30.7 Å². The fourth-order valence-electron chi connectivity index (χ4n) is 2.99. The van der Waals surface area contributed by atoms with Gasteiger partial charge in [0.2, 0.25) is 0 Å². The number of pyridine rings is 1. The summed E-state index contributed by atoms with van der Waals surface area (Å²) in [6.45, 7) is 0.747. The van der Waals surface area contributed by atoms with Crippen LogP contribution in [0.4, 0.5) is 5.82 Å². The number of amides is 1. The van der Waals surface area contributed by atoms with Gasteiger partial charge in [0.25, 0.3) is 5.91 Å². The molecule has 2 aromatic heterocycles. The van der Waals surface area contributed by atoms with Crippen LogP contribution in [0.3, 0.4) is 0 Å². The average Bonchev–Trinajstić information content (AvgIpc) is 2.97. The average molecular weight is 342 g/mol. The van der Waals surface area contributed by atoms with Crippen molar-refractivity contribution in [3.05, 3.63) is 52.8 Å². The number of hydrogen-bond donors (Lipinski definition) is 2. The summed E-state index contributed by atoms with van der Waals surface area (Å²) in [5.74, 6) is 0.258. The minimum absolute atomic E-state index is 0.0710. The molecular formula is C17H16ClN5O. The highest BCUT2D eigenvalue weighted by atomic mass is 35.5. The highest BCUT2D eigenvalue weighted by Crippen LogP contribution is 2.21. The zero-order chi connectivity index (χ0) is 16.7. The molecule has 1 aromatic carbocycles. The molecule has 1 atom stereocenters. The molecule has 0 radical (unpaired) electrons.